The smallest absolute Gasteiger partial charge is 0.252 e. The third-order valence-corrected chi connectivity index (χ3v) is 8.98. The molecule has 8 rings (SSSR count). The van der Waals surface area contributed by atoms with Crippen molar-refractivity contribution in [2.24, 2.45) is 23.2 Å². The van der Waals surface area contributed by atoms with Crippen LogP contribution < -0.4 is 4.90 Å². The van der Waals surface area contributed by atoms with Gasteiger partial charge in [-0.1, -0.05) is 12.1 Å². The quantitative estimate of drug-likeness (QED) is 0.749. The van der Waals surface area contributed by atoms with E-state index in [2.05, 4.69) is 10.6 Å². The Labute approximate surface area is 182 Å². The molecule has 162 valence electrons. The van der Waals surface area contributed by atoms with Crippen LogP contribution >= 0.6 is 0 Å². The molecule has 0 N–H and O–H groups in total. The normalized spacial score (nSPS) is 35.9. The number of carbonyl (C=O) groups is 2. The van der Waals surface area contributed by atoms with Gasteiger partial charge in [0.25, 0.3) is 5.91 Å². The van der Waals surface area contributed by atoms with E-state index >= 15 is 0 Å². The zero-order valence-corrected chi connectivity index (χ0v) is 18.0. The van der Waals surface area contributed by atoms with Crippen molar-refractivity contribution in [1.82, 2.24) is 14.5 Å². The van der Waals surface area contributed by atoms with Crippen LogP contribution in [-0.2, 0) is 16.1 Å². The lowest BCUT2D eigenvalue weighted by Gasteiger charge is -2.56. The van der Waals surface area contributed by atoms with Crippen LogP contribution in [0.25, 0.3) is 11.0 Å². The topological polar surface area (TPSA) is 58.4 Å². The molecule has 6 heteroatoms. The van der Waals surface area contributed by atoms with Crippen molar-refractivity contribution in [3.05, 3.63) is 24.3 Å². The minimum Gasteiger partial charge on any atom is -0.330 e. The molecule has 1 saturated heterocycles. The molecule has 4 bridgehead atoms. The van der Waals surface area contributed by atoms with Gasteiger partial charge in [0.05, 0.1) is 16.4 Å². The van der Waals surface area contributed by atoms with E-state index < -0.39 is 0 Å². The number of nitrogens with zero attached hydrogens (tertiary/aromatic N) is 4. The van der Waals surface area contributed by atoms with Crippen LogP contribution in [0.3, 0.4) is 0 Å². The Morgan fingerprint density at radius 3 is 2.39 bits per heavy atom. The number of para-hydroxylation sites is 2. The number of aromatic nitrogens is 2. The summed E-state index contributed by atoms with van der Waals surface area (Å²) in [6.45, 7) is 2.17. The van der Waals surface area contributed by atoms with Gasteiger partial charge in [0.2, 0.25) is 11.9 Å². The van der Waals surface area contributed by atoms with Crippen LogP contribution in [0.15, 0.2) is 24.3 Å². The molecule has 0 spiro atoms. The summed E-state index contributed by atoms with van der Waals surface area (Å²) < 4.78 is 2.15. The second kappa shape index (κ2) is 6.33. The average molecular weight is 419 g/mol. The van der Waals surface area contributed by atoms with Gasteiger partial charge in [-0.15, -0.1) is 0 Å². The van der Waals surface area contributed by atoms with Crippen LogP contribution in [0.2, 0.25) is 0 Å². The summed E-state index contributed by atoms with van der Waals surface area (Å²) >= 11 is 0. The Bertz CT molecular complexity index is 1050. The van der Waals surface area contributed by atoms with Gasteiger partial charge in [0, 0.05) is 19.6 Å². The first-order valence-corrected chi connectivity index (χ1v) is 12.2. The van der Waals surface area contributed by atoms with Crippen molar-refractivity contribution in [3.8, 4) is 0 Å². The van der Waals surface area contributed by atoms with Crippen molar-refractivity contribution >= 4 is 28.8 Å². The number of fused-ring (bicyclic) bond motifs is 3. The highest BCUT2D eigenvalue weighted by Gasteiger charge is 2.57. The molecule has 3 heterocycles. The lowest BCUT2D eigenvalue weighted by Crippen LogP contribution is -2.57. The van der Waals surface area contributed by atoms with E-state index in [-0.39, 0.29) is 17.4 Å². The Balaban J connectivity index is 1.17. The summed E-state index contributed by atoms with van der Waals surface area (Å²) in [6, 6.07) is 7.76. The lowest BCUT2D eigenvalue weighted by molar-refractivity contribution is -0.160. The lowest BCUT2D eigenvalue weighted by atomic mass is 9.49. The van der Waals surface area contributed by atoms with Crippen LogP contribution in [-0.4, -0.2) is 45.4 Å². The highest BCUT2D eigenvalue weighted by Crippen LogP contribution is 2.60. The molecule has 1 atom stereocenters. The largest absolute Gasteiger partial charge is 0.330 e. The highest BCUT2D eigenvalue weighted by atomic mass is 16.2. The predicted molar refractivity (Wildman–Crippen MR) is 117 cm³/mol. The highest BCUT2D eigenvalue weighted by molar-refractivity contribution is 6.01. The number of rotatable bonds is 2. The number of hydrogen-bond donors (Lipinski definition) is 0. The summed E-state index contributed by atoms with van der Waals surface area (Å²) in [5.74, 6) is 3.35. The zero-order chi connectivity index (χ0) is 20.7. The van der Waals surface area contributed by atoms with Crippen LogP contribution in [0.5, 0.6) is 0 Å². The van der Waals surface area contributed by atoms with E-state index in [0.29, 0.717) is 12.5 Å². The average Bonchev–Trinajstić information content (AvgIpc) is 3.47. The summed E-state index contributed by atoms with van der Waals surface area (Å²) in [5.41, 5.74) is 1.85. The van der Waals surface area contributed by atoms with Gasteiger partial charge in [-0.2, -0.15) is 0 Å². The number of imidazole rings is 1. The zero-order valence-electron chi connectivity index (χ0n) is 18.0. The number of amides is 2. The second-order valence-corrected chi connectivity index (χ2v) is 10.9. The molecule has 2 amide bonds. The molecule has 4 aliphatic carbocycles. The molecule has 0 radical (unpaired) electrons. The van der Waals surface area contributed by atoms with Gasteiger partial charge in [0.1, 0.15) is 6.04 Å². The van der Waals surface area contributed by atoms with Crippen LogP contribution in [0.4, 0.5) is 5.95 Å². The van der Waals surface area contributed by atoms with E-state index in [1.165, 1.54) is 19.3 Å². The maximum absolute atomic E-state index is 13.9. The van der Waals surface area contributed by atoms with Crippen molar-refractivity contribution < 1.29 is 9.59 Å². The summed E-state index contributed by atoms with van der Waals surface area (Å²) in [4.78, 5) is 36.2. The van der Waals surface area contributed by atoms with E-state index in [0.717, 1.165) is 79.9 Å². The van der Waals surface area contributed by atoms with Gasteiger partial charge in [0.15, 0.2) is 0 Å². The van der Waals surface area contributed by atoms with Crippen LogP contribution in [0, 0.1) is 23.2 Å². The molecule has 4 saturated carbocycles. The summed E-state index contributed by atoms with van der Waals surface area (Å²) in [7, 11) is 0. The maximum atomic E-state index is 13.9. The molecule has 1 aromatic carbocycles. The fraction of sp³-hybridized carbons (Fsp3) is 0.640. The molecule has 31 heavy (non-hydrogen) atoms. The predicted octanol–water partition coefficient (Wildman–Crippen LogP) is 3.59. The van der Waals surface area contributed by atoms with Crippen molar-refractivity contribution in [2.45, 2.75) is 64.0 Å². The molecular formula is C25H30N4O2. The number of carbonyl (C=O) groups excluding carboxylic acids is 2. The van der Waals surface area contributed by atoms with Crippen molar-refractivity contribution in [2.75, 3.05) is 18.0 Å². The van der Waals surface area contributed by atoms with Gasteiger partial charge >= 0.3 is 0 Å². The first kappa shape index (κ1) is 18.2. The fourth-order valence-electron chi connectivity index (χ4n) is 8.12. The van der Waals surface area contributed by atoms with E-state index in [9.17, 15) is 9.59 Å². The van der Waals surface area contributed by atoms with Gasteiger partial charge in [-0.25, -0.2) is 4.98 Å². The Morgan fingerprint density at radius 2 is 1.65 bits per heavy atom. The van der Waals surface area contributed by atoms with E-state index in [1.54, 1.807) is 0 Å². The first-order valence-electron chi connectivity index (χ1n) is 12.2. The molecule has 5 fully saturated rings. The Kier molecular flexibility index (Phi) is 3.72. The molecule has 2 aromatic rings. The molecule has 1 unspecified atom stereocenters. The molecule has 6 nitrogen and oxygen atoms in total. The number of hydrogen-bond acceptors (Lipinski definition) is 3. The van der Waals surface area contributed by atoms with E-state index in [4.69, 9.17) is 4.98 Å². The second-order valence-electron chi connectivity index (χ2n) is 10.9. The van der Waals surface area contributed by atoms with Gasteiger partial charge in [-0.3, -0.25) is 14.5 Å². The SMILES string of the molecule is O=C(C1CCCN1C(=O)C12CC3CC(CC(C3)C1)C2)N1CCn2c1nc1ccccc12. The Hall–Kier alpha value is -2.37. The fourth-order valence-corrected chi connectivity index (χ4v) is 8.12. The minimum atomic E-state index is -0.313. The summed E-state index contributed by atoms with van der Waals surface area (Å²) in [6.07, 6.45) is 8.90. The minimum absolute atomic E-state index is 0.0737. The van der Waals surface area contributed by atoms with E-state index in [1.807, 2.05) is 28.0 Å². The Morgan fingerprint density at radius 1 is 0.935 bits per heavy atom. The number of anilines is 1. The van der Waals surface area contributed by atoms with Gasteiger partial charge < -0.3 is 9.47 Å². The van der Waals surface area contributed by atoms with Crippen molar-refractivity contribution in [1.29, 1.82) is 0 Å². The molecule has 6 aliphatic rings. The number of benzene rings is 1. The standard InChI is InChI=1S/C25H30N4O2/c30-22(29-9-8-28-20-5-2-1-4-19(20)26-24(28)29)21-6-3-7-27(21)23(31)25-13-16-10-17(14-25)12-18(11-16)15-25/h1-2,4-5,16-18,21H,3,6-15H2. The maximum Gasteiger partial charge on any atom is 0.252 e. The first-order chi connectivity index (χ1) is 15.1. The third kappa shape index (κ3) is 2.53. The third-order valence-electron chi connectivity index (χ3n) is 8.98. The monoisotopic (exact) mass is 418 g/mol. The molecule has 2 aliphatic heterocycles. The summed E-state index contributed by atoms with van der Waals surface area (Å²) in [5, 5.41) is 0. The molecule has 1 aromatic heterocycles. The van der Waals surface area contributed by atoms with Crippen LogP contribution in [0.1, 0.15) is 51.4 Å². The van der Waals surface area contributed by atoms with Crippen molar-refractivity contribution in [3.63, 3.8) is 0 Å². The molecular weight excluding hydrogens is 388 g/mol. The number of likely N-dealkylation sites (tertiary alicyclic amines) is 1. The van der Waals surface area contributed by atoms with Gasteiger partial charge in [-0.05, 0) is 81.3 Å².